The molecule has 0 aromatic heterocycles. The Labute approximate surface area is 215 Å². The summed E-state index contributed by atoms with van der Waals surface area (Å²) < 4.78 is 34.5. The molecule has 0 unspecified atom stereocenters. The van der Waals surface area contributed by atoms with Crippen LogP contribution in [0, 0.1) is 5.92 Å². The molecule has 4 rings (SSSR count). The van der Waals surface area contributed by atoms with Crippen molar-refractivity contribution in [1.82, 2.24) is 9.80 Å². The number of methoxy groups -OCH3 is 1. The van der Waals surface area contributed by atoms with E-state index in [0.29, 0.717) is 23.3 Å². The van der Waals surface area contributed by atoms with Crippen molar-refractivity contribution in [2.45, 2.75) is 43.4 Å². The number of ether oxygens (including phenoxy) is 2. The van der Waals surface area contributed by atoms with Crippen LogP contribution in [0.1, 0.15) is 44.1 Å². The third-order valence-corrected chi connectivity index (χ3v) is 8.66. The molecular formula is C28H38N2O5S. The molecule has 0 spiro atoms. The summed E-state index contributed by atoms with van der Waals surface area (Å²) in [4.78, 5) is 16.7. The van der Waals surface area contributed by atoms with E-state index >= 15 is 0 Å². The van der Waals surface area contributed by atoms with Gasteiger partial charge in [0.05, 0.1) is 18.6 Å². The molecule has 2 heterocycles. The van der Waals surface area contributed by atoms with Gasteiger partial charge in [0.25, 0.3) is 0 Å². The van der Waals surface area contributed by atoms with Crippen LogP contribution < -0.4 is 4.74 Å². The van der Waals surface area contributed by atoms with E-state index in [1.165, 1.54) is 11.8 Å². The van der Waals surface area contributed by atoms with Gasteiger partial charge in [-0.25, -0.2) is 13.2 Å². The second-order valence-corrected chi connectivity index (χ2v) is 12.0. The summed E-state index contributed by atoms with van der Waals surface area (Å²) in [5.74, 6) is 1.97. The number of benzene rings is 2. The molecule has 0 N–H and O–H groups in total. The Balaban J connectivity index is 1.36. The summed E-state index contributed by atoms with van der Waals surface area (Å²) in [5.41, 5.74) is 3.30. The number of nitrogens with zero attached hydrogens (tertiary/aromatic N) is 2. The van der Waals surface area contributed by atoms with Gasteiger partial charge in [0.1, 0.15) is 5.75 Å². The van der Waals surface area contributed by atoms with Crippen molar-refractivity contribution < 1.29 is 22.7 Å². The van der Waals surface area contributed by atoms with Crippen LogP contribution in [0.3, 0.4) is 0 Å². The lowest BCUT2D eigenvalue weighted by molar-refractivity contribution is 0.0830. The van der Waals surface area contributed by atoms with E-state index in [1.54, 1.807) is 19.2 Å². The third-order valence-electron chi connectivity index (χ3n) is 7.53. The zero-order valence-electron chi connectivity index (χ0n) is 21.6. The Morgan fingerprint density at radius 2 is 1.58 bits per heavy atom. The fourth-order valence-corrected chi connectivity index (χ4v) is 6.06. The van der Waals surface area contributed by atoms with Gasteiger partial charge in [-0.3, -0.25) is 0 Å². The van der Waals surface area contributed by atoms with Gasteiger partial charge in [-0.2, -0.15) is 0 Å². The van der Waals surface area contributed by atoms with Gasteiger partial charge < -0.3 is 19.3 Å². The maximum atomic E-state index is 11.9. The molecule has 0 aliphatic carbocycles. The summed E-state index contributed by atoms with van der Waals surface area (Å²) >= 11 is 0. The molecule has 36 heavy (non-hydrogen) atoms. The van der Waals surface area contributed by atoms with E-state index in [-0.39, 0.29) is 6.09 Å². The number of piperidine rings is 2. The molecule has 0 radical (unpaired) electrons. The second kappa shape index (κ2) is 11.6. The minimum Gasteiger partial charge on any atom is -0.496 e. The Morgan fingerprint density at radius 1 is 0.944 bits per heavy atom. The van der Waals surface area contributed by atoms with Crippen LogP contribution >= 0.6 is 0 Å². The minimum atomic E-state index is -3.21. The molecule has 0 saturated carbocycles. The lowest BCUT2D eigenvalue weighted by Crippen LogP contribution is -2.43. The molecule has 7 nitrogen and oxygen atoms in total. The SMILES string of the molecule is CCOC(=O)N1CCC(CN2CCC(c3cc(-c4ccc(S(C)(=O)=O)cc4)ccc3OC)CC2)CC1. The number of likely N-dealkylation sites (tertiary alicyclic amines) is 2. The largest absolute Gasteiger partial charge is 0.496 e. The van der Waals surface area contributed by atoms with Gasteiger partial charge in [0, 0.05) is 25.9 Å². The van der Waals surface area contributed by atoms with Crippen LogP contribution in [-0.4, -0.2) is 77.0 Å². The first-order chi connectivity index (χ1) is 17.3. The van der Waals surface area contributed by atoms with E-state index in [2.05, 4.69) is 11.0 Å². The molecule has 0 atom stereocenters. The molecule has 2 fully saturated rings. The van der Waals surface area contributed by atoms with E-state index in [4.69, 9.17) is 9.47 Å². The Kier molecular flexibility index (Phi) is 8.57. The van der Waals surface area contributed by atoms with Gasteiger partial charge in [-0.1, -0.05) is 18.2 Å². The Hall–Kier alpha value is -2.58. The van der Waals surface area contributed by atoms with E-state index in [1.807, 2.05) is 36.1 Å². The number of hydrogen-bond acceptors (Lipinski definition) is 6. The van der Waals surface area contributed by atoms with Crippen molar-refractivity contribution in [2.75, 3.05) is 52.7 Å². The average molecular weight is 515 g/mol. The molecule has 2 aromatic rings. The standard InChI is InChI=1S/C28H38N2O5S/c1-4-35-28(31)30-17-11-21(12-18-30)20-29-15-13-23(14-16-29)26-19-24(7-10-27(26)34-2)22-5-8-25(9-6-22)36(3,32)33/h5-10,19,21,23H,4,11-18,20H2,1-3H3. The number of amides is 1. The average Bonchev–Trinajstić information content (AvgIpc) is 2.89. The Morgan fingerprint density at radius 3 is 2.17 bits per heavy atom. The van der Waals surface area contributed by atoms with Crippen molar-refractivity contribution in [1.29, 1.82) is 0 Å². The number of carbonyl (C=O) groups is 1. The first kappa shape index (κ1) is 26.5. The predicted octanol–water partition coefficient (Wildman–Crippen LogP) is 4.81. The number of hydrogen-bond donors (Lipinski definition) is 0. The third kappa shape index (κ3) is 6.40. The first-order valence-corrected chi connectivity index (χ1v) is 14.8. The van der Waals surface area contributed by atoms with Crippen molar-refractivity contribution in [3.63, 3.8) is 0 Å². The fraction of sp³-hybridized carbons (Fsp3) is 0.536. The molecule has 0 bridgehead atoms. The van der Waals surface area contributed by atoms with Crippen molar-refractivity contribution in [2.24, 2.45) is 5.92 Å². The van der Waals surface area contributed by atoms with Gasteiger partial charge >= 0.3 is 6.09 Å². The summed E-state index contributed by atoms with van der Waals surface area (Å²) in [6, 6.07) is 13.4. The quantitative estimate of drug-likeness (QED) is 0.528. The summed E-state index contributed by atoms with van der Waals surface area (Å²) in [7, 11) is -1.49. The molecule has 2 aromatic carbocycles. The Bertz CT molecular complexity index is 1130. The molecule has 8 heteroatoms. The van der Waals surface area contributed by atoms with E-state index in [0.717, 1.165) is 75.3 Å². The molecule has 2 saturated heterocycles. The summed E-state index contributed by atoms with van der Waals surface area (Å²) in [6.45, 7) is 7.05. The smallest absolute Gasteiger partial charge is 0.409 e. The topological polar surface area (TPSA) is 76.2 Å². The van der Waals surface area contributed by atoms with Crippen molar-refractivity contribution in [3.8, 4) is 16.9 Å². The molecule has 196 valence electrons. The lowest BCUT2D eigenvalue weighted by atomic mass is 9.86. The van der Waals surface area contributed by atoms with Crippen LogP contribution in [0.15, 0.2) is 47.4 Å². The predicted molar refractivity (Wildman–Crippen MR) is 141 cm³/mol. The van der Waals surface area contributed by atoms with Crippen LogP contribution in [0.25, 0.3) is 11.1 Å². The second-order valence-electron chi connectivity index (χ2n) is 9.96. The maximum absolute atomic E-state index is 11.9. The molecular weight excluding hydrogens is 476 g/mol. The highest BCUT2D eigenvalue weighted by Gasteiger charge is 2.28. The zero-order chi connectivity index (χ0) is 25.7. The number of rotatable bonds is 7. The monoisotopic (exact) mass is 514 g/mol. The highest BCUT2D eigenvalue weighted by atomic mass is 32.2. The van der Waals surface area contributed by atoms with Crippen LogP contribution in [0.5, 0.6) is 5.75 Å². The minimum absolute atomic E-state index is 0.181. The highest BCUT2D eigenvalue weighted by molar-refractivity contribution is 7.90. The van der Waals surface area contributed by atoms with Crippen LogP contribution in [-0.2, 0) is 14.6 Å². The number of carbonyl (C=O) groups excluding carboxylic acids is 1. The van der Waals surface area contributed by atoms with Crippen molar-refractivity contribution in [3.05, 3.63) is 48.0 Å². The van der Waals surface area contributed by atoms with Gasteiger partial charge in [-0.05, 0) is 98.5 Å². The highest BCUT2D eigenvalue weighted by Crippen LogP contribution is 2.37. The molecule has 2 aliphatic rings. The maximum Gasteiger partial charge on any atom is 0.409 e. The fourth-order valence-electron chi connectivity index (χ4n) is 5.43. The van der Waals surface area contributed by atoms with E-state index in [9.17, 15) is 13.2 Å². The number of sulfone groups is 1. The van der Waals surface area contributed by atoms with E-state index < -0.39 is 9.84 Å². The molecule has 1 amide bonds. The first-order valence-electron chi connectivity index (χ1n) is 12.9. The zero-order valence-corrected chi connectivity index (χ0v) is 22.4. The van der Waals surface area contributed by atoms with Crippen LogP contribution in [0.2, 0.25) is 0 Å². The summed E-state index contributed by atoms with van der Waals surface area (Å²) in [5, 5.41) is 0. The molecule has 2 aliphatic heterocycles. The van der Waals surface area contributed by atoms with Crippen molar-refractivity contribution >= 4 is 15.9 Å². The van der Waals surface area contributed by atoms with Gasteiger partial charge in [0.2, 0.25) is 0 Å². The van der Waals surface area contributed by atoms with Crippen LogP contribution in [0.4, 0.5) is 4.79 Å². The lowest BCUT2D eigenvalue weighted by Gasteiger charge is -2.37. The summed E-state index contributed by atoms with van der Waals surface area (Å²) in [6.07, 6.45) is 5.27. The normalized spacial score (nSPS) is 18.2. The van der Waals surface area contributed by atoms with Gasteiger partial charge in [-0.15, -0.1) is 0 Å². The van der Waals surface area contributed by atoms with Gasteiger partial charge in [0.15, 0.2) is 9.84 Å².